The normalized spacial score (nSPS) is 15.7. The van der Waals surface area contributed by atoms with Crippen molar-refractivity contribution in [2.75, 3.05) is 18.4 Å². The molecule has 1 aromatic carbocycles. The van der Waals surface area contributed by atoms with Crippen LogP contribution in [0.2, 0.25) is 0 Å². The van der Waals surface area contributed by atoms with Crippen molar-refractivity contribution in [3.05, 3.63) is 29.8 Å². The highest BCUT2D eigenvalue weighted by Gasteiger charge is 2.22. The van der Waals surface area contributed by atoms with E-state index in [4.69, 9.17) is 0 Å². The van der Waals surface area contributed by atoms with Crippen molar-refractivity contribution in [3.8, 4) is 0 Å². The zero-order valence-electron chi connectivity index (χ0n) is 9.58. The molecule has 0 saturated carbocycles. The zero-order chi connectivity index (χ0) is 13.1. The predicted octanol–water partition coefficient (Wildman–Crippen LogP) is 2.16. The predicted molar refractivity (Wildman–Crippen MR) is 61.2 cm³/mol. The molecule has 0 aromatic heterocycles. The summed E-state index contributed by atoms with van der Waals surface area (Å²) in [6.45, 7) is 0.495. The maximum atomic E-state index is 13.3. The highest BCUT2D eigenvalue weighted by Crippen LogP contribution is 2.16. The molecule has 6 heteroatoms. The molecular formula is C12H12F2N2O2. The van der Waals surface area contributed by atoms with Gasteiger partial charge in [-0.15, -0.1) is 0 Å². The number of piperidine rings is 1. The van der Waals surface area contributed by atoms with Gasteiger partial charge in [-0.25, -0.2) is 13.6 Å². The number of likely N-dealkylation sites (tertiary alicyclic amines) is 1. The Kier molecular flexibility index (Phi) is 3.55. The van der Waals surface area contributed by atoms with Crippen molar-refractivity contribution in [2.24, 2.45) is 0 Å². The largest absolute Gasteiger partial charge is 0.322 e. The number of benzene rings is 1. The van der Waals surface area contributed by atoms with Crippen LogP contribution in [0.25, 0.3) is 0 Å². The molecule has 0 atom stereocenters. The molecule has 1 aliphatic rings. The van der Waals surface area contributed by atoms with Crippen molar-refractivity contribution in [2.45, 2.75) is 12.8 Å². The van der Waals surface area contributed by atoms with E-state index in [1.54, 1.807) is 0 Å². The second-order valence-corrected chi connectivity index (χ2v) is 4.12. The van der Waals surface area contributed by atoms with Crippen molar-refractivity contribution >= 4 is 17.5 Å². The second kappa shape index (κ2) is 5.12. The number of hydrogen-bond acceptors (Lipinski definition) is 2. The van der Waals surface area contributed by atoms with Crippen molar-refractivity contribution in [1.29, 1.82) is 0 Å². The summed E-state index contributed by atoms with van der Waals surface area (Å²) in [6, 6.07) is 2.35. The minimum atomic E-state index is -0.841. The van der Waals surface area contributed by atoms with E-state index in [2.05, 4.69) is 5.32 Å². The first-order valence-corrected chi connectivity index (χ1v) is 5.59. The van der Waals surface area contributed by atoms with Gasteiger partial charge in [0.2, 0.25) is 0 Å². The summed E-state index contributed by atoms with van der Waals surface area (Å²) in [5, 5.41) is 2.32. The lowest BCUT2D eigenvalue weighted by atomic mass is 10.1. The molecule has 0 spiro atoms. The lowest BCUT2D eigenvalue weighted by Gasteiger charge is -2.26. The van der Waals surface area contributed by atoms with Crippen LogP contribution < -0.4 is 5.32 Å². The Hall–Kier alpha value is -1.98. The van der Waals surface area contributed by atoms with Gasteiger partial charge in [0.1, 0.15) is 11.6 Å². The molecule has 0 bridgehead atoms. The Balaban J connectivity index is 2.04. The number of urea groups is 1. The molecule has 2 rings (SSSR count). The third kappa shape index (κ3) is 2.82. The highest BCUT2D eigenvalue weighted by atomic mass is 19.1. The molecule has 0 aliphatic carbocycles. The number of anilines is 1. The lowest BCUT2D eigenvalue weighted by molar-refractivity contribution is -0.121. The van der Waals surface area contributed by atoms with Crippen LogP contribution >= 0.6 is 0 Å². The van der Waals surface area contributed by atoms with Crippen molar-refractivity contribution < 1.29 is 18.4 Å². The Morgan fingerprint density at radius 3 is 2.78 bits per heavy atom. The van der Waals surface area contributed by atoms with Crippen LogP contribution in [0.5, 0.6) is 0 Å². The van der Waals surface area contributed by atoms with Crippen LogP contribution in [0.1, 0.15) is 12.8 Å². The number of carbonyl (C=O) groups excluding carboxylic acids is 2. The standard InChI is InChI=1S/C12H12F2N2O2/c13-8-3-4-11(10(14)6-8)15-12(18)16-5-1-2-9(17)7-16/h3-4,6H,1-2,5,7H2,(H,15,18). The first-order valence-electron chi connectivity index (χ1n) is 5.59. The Bertz CT molecular complexity index is 491. The number of amides is 2. The maximum absolute atomic E-state index is 13.3. The average Bonchev–Trinajstić information content (AvgIpc) is 2.32. The van der Waals surface area contributed by atoms with E-state index in [-0.39, 0.29) is 18.0 Å². The van der Waals surface area contributed by atoms with Gasteiger partial charge in [-0.2, -0.15) is 0 Å². The fourth-order valence-electron chi connectivity index (χ4n) is 1.80. The number of carbonyl (C=O) groups is 2. The van der Waals surface area contributed by atoms with Crippen LogP contribution in [0.15, 0.2) is 18.2 Å². The fourth-order valence-corrected chi connectivity index (χ4v) is 1.80. The minimum Gasteiger partial charge on any atom is -0.317 e. The van der Waals surface area contributed by atoms with Crippen LogP contribution in [-0.4, -0.2) is 29.8 Å². The Labute approximate surface area is 103 Å². The maximum Gasteiger partial charge on any atom is 0.322 e. The number of rotatable bonds is 1. The van der Waals surface area contributed by atoms with Crippen LogP contribution in [0, 0.1) is 11.6 Å². The molecule has 18 heavy (non-hydrogen) atoms. The van der Waals surface area contributed by atoms with Gasteiger partial charge < -0.3 is 10.2 Å². The molecule has 1 heterocycles. The monoisotopic (exact) mass is 254 g/mol. The van der Waals surface area contributed by atoms with Gasteiger partial charge in [-0.05, 0) is 18.6 Å². The molecule has 1 aromatic rings. The van der Waals surface area contributed by atoms with E-state index in [1.807, 2.05) is 0 Å². The average molecular weight is 254 g/mol. The molecule has 4 nitrogen and oxygen atoms in total. The van der Waals surface area contributed by atoms with E-state index in [9.17, 15) is 18.4 Å². The lowest BCUT2D eigenvalue weighted by Crippen LogP contribution is -2.42. The van der Waals surface area contributed by atoms with Gasteiger partial charge >= 0.3 is 6.03 Å². The quantitative estimate of drug-likeness (QED) is 0.834. The van der Waals surface area contributed by atoms with Gasteiger partial charge in [0, 0.05) is 19.0 Å². The summed E-state index contributed by atoms with van der Waals surface area (Å²) in [4.78, 5) is 24.3. The van der Waals surface area contributed by atoms with E-state index >= 15 is 0 Å². The fraction of sp³-hybridized carbons (Fsp3) is 0.333. The summed E-state index contributed by atoms with van der Waals surface area (Å²) in [5.41, 5.74) is -0.0978. The molecular weight excluding hydrogens is 242 g/mol. The number of halogens is 2. The number of nitrogens with one attached hydrogen (secondary N) is 1. The first kappa shape index (κ1) is 12.5. The molecule has 2 amide bonds. The number of nitrogens with zero attached hydrogens (tertiary/aromatic N) is 1. The summed E-state index contributed by atoms with van der Waals surface area (Å²) in [7, 11) is 0. The molecule has 0 unspecified atom stereocenters. The minimum absolute atomic E-state index is 0.0176. The third-order valence-electron chi connectivity index (χ3n) is 2.71. The first-order chi connectivity index (χ1) is 8.56. The van der Waals surface area contributed by atoms with Gasteiger partial charge in [0.15, 0.2) is 5.78 Å². The van der Waals surface area contributed by atoms with E-state index < -0.39 is 17.7 Å². The van der Waals surface area contributed by atoms with Gasteiger partial charge in [0.25, 0.3) is 0 Å². The molecule has 0 radical (unpaired) electrons. The van der Waals surface area contributed by atoms with E-state index in [1.165, 1.54) is 4.90 Å². The van der Waals surface area contributed by atoms with Gasteiger partial charge in [-0.3, -0.25) is 4.79 Å². The topological polar surface area (TPSA) is 49.4 Å². The Morgan fingerprint density at radius 1 is 1.33 bits per heavy atom. The Morgan fingerprint density at radius 2 is 2.11 bits per heavy atom. The smallest absolute Gasteiger partial charge is 0.317 e. The van der Waals surface area contributed by atoms with Crippen LogP contribution in [0.3, 0.4) is 0 Å². The van der Waals surface area contributed by atoms with Crippen molar-refractivity contribution in [3.63, 3.8) is 0 Å². The zero-order valence-corrected chi connectivity index (χ0v) is 9.58. The molecule has 96 valence electrons. The highest BCUT2D eigenvalue weighted by molar-refractivity contribution is 5.93. The second-order valence-electron chi connectivity index (χ2n) is 4.12. The van der Waals surface area contributed by atoms with Crippen molar-refractivity contribution in [1.82, 2.24) is 4.90 Å². The van der Waals surface area contributed by atoms with Gasteiger partial charge in [-0.1, -0.05) is 0 Å². The summed E-state index contributed by atoms with van der Waals surface area (Å²) < 4.78 is 26.0. The molecule has 1 N–H and O–H groups in total. The van der Waals surface area contributed by atoms with E-state index in [0.717, 1.165) is 12.1 Å². The van der Waals surface area contributed by atoms with Crippen LogP contribution in [-0.2, 0) is 4.79 Å². The SMILES string of the molecule is O=C1CCCN(C(=O)Nc2ccc(F)cc2F)C1. The summed E-state index contributed by atoms with van der Waals surface area (Å²) in [6.07, 6.45) is 1.08. The molecule has 1 fully saturated rings. The molecule has 1 aliphatic heterocycles. The van der Waals surface area contributed by atoms with E-state index in [0.29, 0.717) is 25.5 Å². The van der Waals surface area contributed by atoms with Crippen LogP contribution in [0.4, 0.5) is 19.3 Å². The number of hydrogen-bond donors (Lipinski definition) is 1. The number of Topliss-reactive ketones (excluding diaryl/α,β-unsaturated/α-hetero) is 1. The number of ketones is 1. The summed E-state index contributed by atoms with van der Waals surface area (Å²) >= 11 is 0. The molecule has 1 saturated heterocycles. The third-order valence-corrected chi connectivity index (χ3v) is 2.71. The summed E-state index contributed by atoms with van der Waals surface area (Å²) in [5.74, 6) is -1.57. The van der Waals surface area contributed by atoms with Gasteiger partial charge in [0.05, 0.1) is 12.2 Å².